The number of furan rings is 1. The summed E-state index contributed by atoms with van der Waals surface area (Å²) < 4.78 is 5.08. The smallest absolute Gasteiger partial charge is 0.194 e. The van der Waals surface area contributed by atoms with Gasteiger partial charge in [-0.2, -0.15) is 0 Å². The van der Waals surface area contributed by atoms with Crippen molar-refractivity contribution in [2.75, 3.05) is 0 Å². The van der Waals surface area contributed by atoms with Gasteiger partial charge >= 0.3 is 0 Å². The van der Waals surface area contributed by atoms with Crippen LogP contribution < -0.4 is 0 Å². The number of hydrogen-bond donors (Lipinski definition) is 1. The number of phenols is 1. The van der Waals surface area contributed by atoms with Crippen molar-refractivity contribution < 1.29 is 9.52 Å². The molecule has 0 amide bonds. The number of aromatic hydroxyl groups is 1. The van der Waals surface area contributed by atoms with Crippen LogP contribution in [0.15, 0.2) is 28.7 Å². The summed E-state index contributed by atoms with van der Waals surface area (Å²) in [6, 6.07) is 6.50. The highest BCUT2D eigenvalue weighted by Gasteiger charge is 2.00. The summed E-state index contributed by atoms with van der Waals surface area (Å²) in [6.45, 7) is 0. The topological polar surface area (TPSA) is 33.4 Å². The summed E-state index contributed by atoms with van der Waals surface area (Å²) in [5.41, 5.74) is 0.688. The summed E-state index contributed by atoms with van der Waals surface area (Å²) in [7, 11) is 0. The second-order valence-corrected chi connectivity index (χ2v) is 2.65. The molecular weight excluding hydrogens is 164 g/mol. The highest BCUT2D eigenvalue weighted by atomic mass is 35.5. The van der Waals surface area contributed by atoms with Gasteiger partial charge in [0.05, 0.1) is 0 Å². The number of hydrogen-bond acceptors (Lipinski definition) is 2. The van der Waals surface area contributed by atoms with Gasteiger partial charge in [0, 0.05) is 11.5 Å². The molecule has 0 saturated carbocycles. The van der Waals surface area contributed by atoms with Crippen LogP contribution in [0.3, 0.4) is 0 Å². The van der Waals surface area contributed by atoms with Gasteiger partial charge in [-0.3, -0.25) is 0 Å². The molecule has 0 atom stereocenters. The Balaban J connectivity index is 2.82. The zero-order valence-corrected chi connectivity index (χ0v) is 6.30. The largest absolute Gasteiger partial charge is 0.508 e. The molecule has 11 heavy (non-hydrogen) atoms. The average molecular weight is 169 g/mol. The van der Waals surface area contributed by atoms with E-state index in [0.29, 0.717) is 10.8 Å². The summed E-state index contributed by atoms with van der Waals surface area (Å²) in [4.78, 5) is 0. The Kier molecular flexibility index (Phi) is 1.29. The Morgan fingerprint density at radius 1 is 1.27 bits per heavy atom. The maximum atomic E-state index is 9.05. The lowest BCUT2D eigenvalue weighted by molar-refractivity contribution is 0.476. The summed E-state index contributed by atoms with van der Waals surface area (Å²) in [5.74, 6) is 0.218. The first-order valence-electron chi connectivity index (χ1n) is 3.14. The molecule has 0 aliphatic heterocycles. The van der Waals surface area contributed by atoms with Gasteiger partial charge in [-0.25, -0.2) is 0 Å². The van der Waals surface area contributed by atoms with E-state index in [0.717, 1.165) is 5.39 Å². The lowest BCUT2D eigenvalue weighted by Gasteiger charge is -1.88. The predicted molar refractivity (Wildman–Crippen MR) is 42.9 cm³/mol. The van der Waals surface area contributed by atoms with Crippen LogP contribution >= 0.6 is 11.6 Å². The average Bonchev–Trinajstić information content (AvgIpc) is 2.27. The van der Waals surface area contributed by atoms with Crippen LogP contribution in [0.2, 0.25) is 5.22 Å². The van der Waals surface area contributed by atoms with Gasteiger partial charge in [-0.05, 0) is 29.8 Å². The molecule has 0 aliphatic carbocycles. The number of benzene rings is 1. The highest BCUT2D eigenvalue weighted by molar-refractivity contribution is 6.29. The van der Waals surface area contributed by atoms with E-state index in [9.17, 15) is 0 Å². The number of fused-ring (bicyclic) bond motifs is 1. The molecule has 0 aliphatic rings. The van der Waals surface area contributed by atoms with E-state index in [4.69, 9.17) is 21.1 Å². The van der Waals surface area contributed by atoms with E-state index < -0.39 is 0 Å². The van der Waals surface area contributed by atoms with E-state index in [1.54, 1.807) is 24.3 Å². The van der Waals surface area contributed by atoms with Crippen molar-refractivity contribution in [2.45, 2.75) is 0 Å². The Hall–Kier alpha value is -1.15. The lowest BCUT2D eigenvalue weighted by atomic mass is 10.2. The SMILES string of the molecule is Oc1ccc2oc(Cl)cc2c1. The molecule has 0 bridgehead atoms. The van der Waals surface area contributed by atoms with E-state index in [1.165, 1.54) is 0 Å². The molecule has 2 rings (SSSR count). The lowest BCUT2D eigenvalue weighted by Crippen LogP contribution is -1.62. The molecule has 1 heterocycles. The molecule has 1 N–H and O–H groups in total. The Morgan fingerprint density at radius 3 is 2.91 bits per heavy atom. The first-order valence-corrected chi connectivity index (χ1v) is 3.51. The van der Waals surface area contributed by atoms with Crippen LogP contribution in [0.4, 0.5) is 0 Å². The van der Waals surface area contributed by atoms with Crippen LogP contribution in [0.1, 0.15) is 0 Å². The van der Waals surface area contributed by atoms with Gasteiger partial charge in [0.25, 0.3) is 0 Å². The molecule has 3 heteroatoms. The maximum Gasteiger partial charge on any atom is 0.194 e. The molecule has 1 aromatic heterocycles. The Morgan fingerprint density at radius 2 is 2.09 bits per heavy atom. The molecule has 56 valence electrons. The molecule has 2 aromatic rings. The fraction of sp³-hybridized carbons (Fsp3) is 0. The summed E-state index contributed by atoms with van der Waals surface area (Å²) >= 11 is 5.59. The predicted octanol–water partition coefficient (Wildman–Crippen LogP) is 2.79. The van der Waals surface area contributed by atoms with Crippen LogP contribution in [-0.2, 0) is 0 Å². The van der Waals surface area contributed by atoms with E-state index in [-0.39, 0.29) is 5.75 Å². The minimum atomic E-state index is 0.218. The first kappa shape index (κ1) is 6.55. The van der Waals surface area contributed by atoms with Crippen molar-refractivity contribution in [2.24, 2.45) is 0 Å². The molecule has 0 fully saturated rings. The Labute approximate surface area is 68.0 Å². The first-order chi connectivity index (χ1) is 5.25. The van der Waals surface area contributed by atoms with Crippen molar-refractivity contribution in [3.8, 4) is 5.75 Å². The van der Waals surface area contributed by atoms with Gasteiger partial charge < -0.3 is 9.52 Å². The van der Waals surface area contributed by atoms with Crippen molar-refractivity contribution in [1.82, 2.24) is 0 Å². The minimum Gasteiger partial charge on any atom is -0.508 e. The fourth-order valence-electron chi connectivity index (χ4n) is 0.998. The molecular formula is C8H5ClO2. The van der Waals surface area contributed by atoms with Crippen molar-refractivity contribution in [1.29, 1.82) is 0 Å². The monoisotopic (exact) mass is 168 g/mol. The van der Waals surface area contributed by atoms with Crippen molar-refractivity contribution in [3.63, 3.8) is 0 Å². The van der Waals surface area contributed by atoms with Crippen LogP contribution in [-0.4, -0.2) is 5.11 Å². The minimum absolute atomic E-state index is 0.218. The fourth-order valence-corrected chi connectivity index (χ4v) is 1.20. The molecule has 1 aromatic carbocycles. The van der Waals surface area contributed by atoms with Gasteiger partial charge in [-0.15, -0.1) is 0 Å². The number of rotatable bonds is 0. The molecule has 2 nitrogen and oxygen atoms in total. The third kappa shape index (κ3) is 1.05. The molecule has 0 saturated heterocycles. The third-order valence-corrected chi connectivity index (χ3v) is 1.66. The Bertz CT molecular complexity index is 392. The summed E-state index contributed by atoms with van der Waals surface area (Å²) in [5, 5.41) is 10.2. The summed E-state index contributed by atoms with van der Waals surface area (Å²) in [6.07, 6.45) is 0. The number of phenolic OH excluding ortho intramolecular Hbond substituents is 1. The maximum absolute atomic E-state index is 9.05. The second kappa shape index (κ2) is 2.17. The highest BCUT2D eigenvalue weighted by Crippen LogP contribution is 2.25. The third-order valence-electron chi connectivity index (χ3n) is 1.47. The van der Waals surface area contributed by atoms with Crippen LogP contribution in [0.5, 0.6) is 5.75 Å². The van der Waals surface area contributed by atoms with Crippen LogP contribution in [0, 0.1) is 0 Å². The van der Waals surface area contributed by atoms with Gasteiger partial charge in [-0.1, -0.05) is 0 Å². The normalized spacial score (nSPS) is 10.6. The van der Waals surface area contributed by atoms with Crippen molar-refractivity contribution >= 4 is 22.6 Å². The molecule has 0 radical (unpaired) electrons. The van der Waals surface area contributed by atoms with E-state index in [1.807, 2.05) is 0 Å². The molecule has 0 spiro atoms. The van der Waals surface area contributed by atoms with E-state index >= 15 is 0 Å². The zero-order chi connectivity index (χ0) is 7.84. The van der Waals surface area contributed by atoms with E-state index in [2.05, 4.69) is 0 Å². The zero-order valence-electron chi connectivity index (χ0n) is 5.54. The quantitative estimate of drug-likeness (QED) is 0.656. The standard InChI is InChI=1S/C8H5ClO2/c9-8-4-5-3-6(10)1-2-7(5)11-8/h1-4,10H. The van der Waals surface area contributed by atoms with Gasteiger partial charge in [0.15, 0.2) is 5.22 Å². The van der Waals surface area contributed by atoms with Gasteiger partial charge in [0.2, 0.25) is 0 Å². The van der Waals surface area contributed by atoms with Crippen LogP contribution in [0.25, 0.3) is 11.0 Å². The van der Waals surface area contributed by atoms with Gasteiger partial charge in [0.1, 0.15) is 11.3 Å². The molecule has 0 unspecified atom stereocenters. The number of halogens is 1. The van der Waals surface area contributed by atoms with Crippen molar-refractivity contribution in [3.05, 3.63) is 29.5 Å². The second-order valence-electron chi connectivity index (χ2n) is 2.27.